The molecule has 0 aliphatic carbocycles. The van der Waals surface area contributed by atoms with E-state index in [1.807, 2.05) is 51.1 Å². The Bertz CT molecular complexity index is 700. The number of allylic oxidation sites excluding steroid dienone is 1. The predicted molar refractivity (Wildman–Crippen MR) is 90.6 cm³/mol. The monoisotopic (exact) mass is 298 g/mol. The number of nitrogen functional groups attached to an aromatic ring is 1. The van der Waals surface area contributed by atoms with E-state index in [9.17, 15) is 4.79 Å². The van der Waals surface area contributed by atoms with Gasteiger partial charge >= 0.3 is 6.09 Å². The Labute approximate surface area is 131 Å². The van der Waals surface area contributed by atoms with Gasteiger partial charge in [0.1, 0.15) is 5.60 Å². The number of nitrogens with one attached hydrogen (secondary N) is 1. The van der Waals surface area contributed by atoms with Crippen LogP contribution in [0, 0.1) is 0 Å². The molecule has 0 saturated carbocycles. The van der Waals surface area contributed by atoms with Crippen molar-refractivity contribution in [3.63, 3.8) is 0 Å². The maximum atomic E-state index is 11.5. The number of fused-ring (bicyclic) bond motifs is 1. The molecule has 0 aromatic heterocycles. The van der Waals surface area contributed by atoms with Crippen LogP contribution in [0.25, 0.3) is 10.8 Å². The normalized spacial score (nSPS) is 11.8. The van der Waals surface area contributed by atoms with Gasteiger partial charge in [-0.05, 0) is 44.2 Å². The van der Waals surface area contributed by atoms with Gasteiger partial charge < -0.3 is 10.5 Å². The lowest BCUT2D eigenvalue weighted by molar-refractivity contribution is 0.0552. The van der Waals surface area contributed by atoms with Gasteiger partial charge in [-0.2, -0.15) is 0 Å². The fraction of sp³-hybridized carbons (Fsp3) is 0.278. The zero-order valence-corrected chi connectivity index (χ0v) is 13.2. The van der Waals surface area contributed by atoms with Crippen molar-refractivity contribution in [2.45, 2.75) is 32.8 Å². The third-order valence-corrected chi connectivity index (χ3v) is 3.10. The maximum absolute atomic E-state index is 11.5. The predicted octanol–water partition coefficient (Wildman–Crippen LogP) is 4.00. The Balaban J connectivity index is 2.02. The second-order valence-corrected chi connectivity index (χ2v) is 6.11. The van der Waals surface area contributed by atoms with Gasteiger partial charge in [0.15, 0.2) is 0 Å². The van der Waals surface area contributed by atoms with E-state index in [0.29, 0.717) is 6.42 Å². The number of amides is 1. The van der Waals surface area contributed by atoms with Crippen molar-refractivity contribution in [1.82, 2.24) is 5.32 Å². The summed E-state index contributed by atoms with van der Waals surface area (Å²) in [4.78, 5) is 11.5. The van der Waals surface area contributed by atoms with E-state index in [2.05, 4.69) is 17.4 Å². The van der Waals surface area contributed by atoms with Crippen LogP contribution in [0.3, 0.4) is 0 Å². The van der Waals surface area contributed by atoms with Crippen molar-refractivity contribution in [3.05, 3.63) is 54.2 Å². The van der Waals surface area contributed by atoms with Crippen molar-refractivity contribution < 1.29 is 9.53 Å². The molecule has 116 valence electrons. The summed E-state index contributed by atoms with van der Waals surface area (Å²) in [5.74, 6) is 0. The van der Waals surface area contributed by atoms with Crippen LogP contribution in [-0.4, -0.2) is 11.7 Å². The largest absolute Gasteiger partial charge is 0.444 e. The second-order valence-electron chi connectivity index (χ2n) is 6.11. The van der Waals surface area contributed by atoms with Crippen molar-refractivity contribution >= 4 is 22.6 Å². The highest BCUT2D eigenvalue weighted by atomic mass is 16.6. The molecule has 0 bridgehead atoms. The SMILES string of the molecule is CC(C)(C)OC(=O)NC=CCc1cccc2c(N)cccc12. The number of alkyl carbamates (subject to hydrolysis) is 1. The fourth-order valence-electron chi connectivity index (χ4n) is 2.20. The summed E-state index contributed by atoms with van der Waals surface area (Å²) < 4.78 is 5.16. The first-order valence-corrected chi connectivity index (χ1v) is 7.27. The lowest BCUT2D eigenvalue weighted by Crippen LogP contribution is -2.29. The molecule has 4 nitrogen and oxygen atoms in total. The van der Waals surface area contributed by atoms with Gasteiger partial charge in [-0.25, -0.2) is 4.79 Å². The minimum atomic E-state index is -0.495. The summed E-state index contributed by atoms with van der Waals surface area (Å²) in [5.41, 5.74) is 7.42. The van der Waals surface area contributed by atoms with Gasteiger partial charge in [0.05, 0.1) is 0 Å². The summed E-state index contributed by atoms with van der Waals surface area (Å²) in [6, 6.07) is 11.9. The van der Waals surface area contributed by atoms with Crippen LogP contribution in [0.4, 0.5) is 10.5 Å². The number of ether oxygens (including phenoxy) is 1. The van der Waals surface area contributed by atoms with Gasteiger partial charge in [-0.3, -0.25) is 5.32 Å². The highest BCUT2D eigenvalue weighted by Gasteiger charge is 2.14. The Kier molecular flexibility index (Phi) is 4.71. The molecular formula is C18H22N2O2. The lowest BCUT2D eigenvalue weighted by Gasteiger charge is -2.18. The Morgan fingerprint density at radius 3 is 2.59 bits per heavy atom. The summed E-state index contributed by atoms with van der Waals surface area (Å²) in [6.45, 7) is 5.49. The first-order chi connectivity index (χ1) is 10.4. The van der Waals surface area contributed by atoms with E-state index in [0.717, 1.165) is 22.0 Å². The molecule has 0 saturated heterocycles. The van der Waals surface area contributed by atoms with Crippen molar-refractivity contribution in [1.29, 1.82) is 0 Å². The number of rotatable bonds is 3. The molecule has 1 amide bonds. The maximum Gasteiger partial charge on any atom is 0.411 e. The standard InChI is InChI=1S/C18H22N2O2/c1-18(2,3)22-17(21)20-12-6-8-13-7-4-10-15-14(13)9-5-11-16(15)19/h4-7,9-12H,8,19H2,1-3H3,(H,20,21). The molecule has 0 atom stereocenters. The molecule has 3 N–H and O–H groups in total. The van der Waals surface area contributed by atoms with Gasteiger partial charge in [0.2, 0.25) is 0 Å². The molecule has 0 aliphatic heterocycles. The average molecular weight is 298 g/mol. The summed E-state index contributed by atoms with van der Waals surface area (Å²) in [6.07, 6.45) is 3.75. The van der Waals surface area contributed by atoms with Crippen molar-refractivity contribution in [2.24, 2.45) is 0 Å². The van der Waals surface area contributed by atoms with Crippen LogP contribution in [0.15, 0.2) is 48.7 Å². The van der Waals surface area contributed by atoms with E-state index in [1.54, 1.807) is 6.20 Å². The quantitative estimate of drug-likeness (QED) is 0.842. The second kappa shape index (κ2) is 6.52. The zero-order valence-electron chi connectivity index (χ0n) is 13.2. The minimum Gasteiger partial charge on any atom is -0.444 e. The van der Waals surface area contributed by atoms with Crippen LogP contribution in [-0.2, 0) is 11.2 Å². The van der Waals surface area contributed by atoms with Gasteiger partial charge in [0.25, 0.3) is 0 Å². The van der Waals surface area contributed by atoms with Crippen LogP contribution >= 0.6 is 0 Å². The van der Waals surface area contributed by atoms with E-state index >= 15 is 0 Å². The average Bonchev–Trinajstić information content (AvgIpc) is 2.42. The fourth-order valence-corrected chi connectivity index (χ4v) is 2.20. The van der Waals surface area contributed by atoms with Crippen LogP contribution in [0.2, 0.25) is 0 Å². The number of carbonyl (C=O) groups is 1. The zero-order chi connectivity index (χ0) is 16.2. The molecule has 0 unspecified atom stereocenters. The first-order valence-electron chi connectivity index (χ1n) is 7.27. The molecule has 0 spiro atoms. The molecule has 0 fully saturated rings. The molecule has 0 heterocycles. The molecule has 2 aromatic carbocycles. The molecule has 22 heavy (non-hydrogen) atoms. The highest BCUT2D eigenvalue weighted by molar-refractivity contribution is 5.95. The minimum absolute atomic E-state index is 0.453. The number of benzene rings is 2. The third-order valence-electron chi connectivity index (χ3n) is 3.10. The van der Waals surface area contributed by atoms with E-state index in [4.69, 9.17) is 10.5 Å². The highest BCUT2D eigenvalue weighted by Crippen LogP contribution is 2.24. The molecular weight excluding hydrogens is 276 g/mol. The topological polar surface area (TPSA) is 64.3 Å². The summed E-state index contributed by atoms with van der Waals surface area (Å²) >= 11 is 0. The number of anilines is 1. The van der Waals surface area contributed by atoms with Crippen molar-refractivity contribution in [2.75, 3.05) is 5.73 Å². The molecule has 0 aliphatic rings. The third kappa shape index (κ3) is 4.25. The first kappa shape index (κ1) is 15.9. The number of carbonyl (C=O) groups excluding carboxylic acids is 1. The van der Waals surface area contributed by atoms with Gasteiger partial charge in [-0.15, -0.1) is 0 Å². The van der Waals surface area contributed by atoms with Crippen LogP contribution < -0.4 is 11.1 Å². The number of nitrogens with two attached hydrogens (primary N) is 1. The molecule has 4 heteroatoms. The van der Waals surface area contributed by atoms with Crippen molar-refractivity contribution in [3.8, 4) is 0 Å². The molecule has 2 rings (SSSR count). The van der Waals surface area contributed by atoms with Crippen LogP contribution in [0.1, 0.15) is 26.3 Å². The summed E-state index contributed by atoms with van der Waals surface area (Å²) in [5, 5.41) is 4.78. The van der Waals surface area contributed by atoms with Crippen LogP contribution in [0.5, 0.6) is 0 Å². The Morgan fingerprint density at radius 2 is 1.86 bits per heavy atom. The van der Waals surface area contributed by atoms with Gasteiger partial charge in [0, 0.05) is 17.3 Å². The molecule has 0 radical (unpaired) electrons. The van der Waals surface area contributed by atoms with E-state index in [1.165, 1.54) is 0 Å². The Hall–Kier alpha value is -2.49. The molecule has 2 aromatic rings. The van der Waals surface area contributed by atoms with E-state index < -0.39 is 11.7 Å². The van der Waals surface area contributed by atoms with E-state index in [-0.39, 0.29) is 0 Å². The van der Waals surface area contributed by atoms with Gasteiger partial charge in [-0.1, -0.05) is 36.4 Å². The smallest absolute Gasteiger partial charge is 0.411 e. The lowest BCUT2D eigenvalue weighted by atomic mass is 10.0. The Morgan fingerprint density at radius 1 is 1.18 bits per heavy atom. The summed E-state index contributed by atoms with van der Waals surface area (Å²) in [7, 11) is 0. The number of hydrogen-bond acceptors (Lipinski definition) is 3. The number of hydrogen-bond donors (Lipinski definition) is 2.